The van der Waals surface area contributed by atoms with Crippen LogP contribution in [-0.2, 0) is 19.2 Å². The molecular weight excluding hydrogens is 548 g/mol. The molecule has 11 heteroatoms. The molecule has 0 radical (unpaired) electrons. The van der Waals surface area contributed by atoms with E-state index in [1.54, 1.807) is 7.05 Å². The summed E-state index contributed by atoms with van der Waals surface area (Å²) in [7, 11) is 1.76. The Balaban J connectivity index is -0.00000105. The third kappa shape index (κ3) is 24.4. The fraction of sp³-hybridized carbons (Fsp3) is 0.844. The standard InChI is InChI=1S/C19H32N6O5.2C4H10.C3H8.C2H6/c1-21-7-8-22-19(30)23-11-15(26)25-9-3-6-14(25)18(29)24-13(16(27)17(20)28)10-12-4-2-5-12;2*1-4(2)3;1-3-2;1-2/h12-14,21H,2-11H2,1H3,(H2,20,28)(H,24,29)(H2,22,23,30);2*4H,1-3H3;3H2,1-2H3;1-2H3. The van der Waals surface area contributed by atoms with Crippen LogP contribution in [0.25, 0.3) is 0 Å². The highest BCUT2D eigenvalue weighted by molar-refractivity contribution is 6.37. The Hall–Kier alpha value is -2.69. The Labute approximate surface area is 262 Å². The van der Waals surface area contributed by atoms with Crippen molar-refractivity contribution >= 4 is 29.5 Å². The molecule has 254 valence electrons. The van der Waals surface area contributed by atoms with E-state index < -0.39 is 35.7 Å². The molecule has 2 unspecified atom stereocenters. The second kappa shape index (κ2) is 28.1. The van der Waals surface area contributed by atoms with Crippen LogP contribution in [-0.4, -0.2) is 79.7 Å². The predicted octanol–water partition coefficient (Wildman–Crippen LogP) is 3.99. The molecule has 43 heavy (non-hydrogen) atoms. The molecule has 0 aromatic carbocycles. The van der Waals surface area contributed by atoms with Gasteiger partial charge in [-0.3, -0.25) is 19.2 Å². The van der Waals surface area contributed by atoms with Crippen molar-refractivity contribution < 1.29 is 24.0 Å². The van der Waals surface area contributed by atoms with Crippen LogP contribution in [0.2, 0.25) is 0 Å². The second-order valence-corrected chi connectivity index (χ2v) is 12.0. The van der Waals surface area contributed by atoms with E-state index in [1.807, 2.05) is 13.8 Å². The Bertz CT molecular complexity index is 760. The predicted molar refractivity (Wildman–Crippen MR) is 176 cm³/mol. The number of hydrogen-bond acceptors (Lipinski definition) is 6. The molecule has 0 bridgehead atoms. The average Bonchev–Trinajstić information content (AvgIpc) is 3.39. The highest BCUT2D eigenvalue weighted by atomic mass is 16.2. The molecule has 1 saturated carbocycles. The monoisotopic (exact) mass is 615 g/mol. The summed E-state index contributed by atoms with van der Waals surface area (Å²) < 4.78 is 0. The molecule has 1 aliphatic carbocycles. The number of likely N-dealkylation sites (tertiary alicyclic amines) is 1. The van der Waals surface area contributed by atoms with Gasteiger partial charge in [0.25, 0.3) is 5.91 Å². The van der Waals surface area contributed by atoms with Gasteiger partial charge in [0.05, 0.1) is 12.6 Å². The summed E-state index contributed by atoms with van der Waals surface area (Å²) in [6.07, 6.45) is 5.68. The van der Waals surface area contributed by atoms with Gasteiger partial charge < -0.3 is 31.9 Å². The summed E-state index contributed by atoms with van der Waals surface area (Å²) in [6, 6.07) is -2.17. The van der Waals surface area contributed by atoms with E-state index in [4.69, 9.17) is 5.73 Å². The number of primary amides is 1. The lowest BCUT2D eigenvalue weighted by atomic mass is 9.80. The summed E-state index contributed by atoms with van der Waals surface area (Å²) >= 11 is 0. The first-order chi connectivity index (χ1) is 20.2. The van der Waals surface area contributed by atoms with E-state index in [0.29, 0.717) is 38.9 Å². The van der Waals surface area contributed by atoms with E-state index in [2.05, 4.69) is 76.7 Å². The normalized spacial score (nSPS) is 15.8. The van der Waals surface area contributed by atoms with Gasteiger partial charge in [-0.25, -0.2) is 4.79 Å². The van der Waals surface area contributed by atoms with Crippen molar-refractivity contribution in [3.05, 3.63) is 0 Å². The molecule has 0 aromatic heterocycles. The minimum absolute atomic E-state index is 0.235. The van der Waals surface area contributed by atoms with Gasteiger partial charge in [0.15, 0.2) is 0 Å². The van der Waals surface area contributed by atoms with Crippen molar-refractivity contribution in [2.75, 3.05) is 33.2 Å². The SMILES string of the molecule is CC.CC(C)C.CC(C)C.CCC.CNCCNC(=O)NCC(=O)N1CCCC1C(=O)NC(CC1CCC1)C(=O)C(N)=O. The fourth-order valence-electron chi connectivity index (χ4n) is 3.69. The molecule has 6 N–H and O–H groups in total. The largest absolute Gasteiger partial charge is 0.363 e. The first kappa shape index (κ1) is 44.7. The average molecular weight is 615 g/mol. The van der Waals surface area contributed by atoms with E-state index >= 15 is 0 Å². The summed E-state index contributed by atoms with van der Waals surface area (Å²) in [6.45, 7) is 22.4. The molecular formula is C32H66N6O5. The van der Waals surface area contributed by atoms with Gasteiger partial charge in [-0.2, -0.15) is 0 Å². The highest BCUT2D eigenvalue weighted by Crippen LogP contribution is 2.30. The summed E-state index contributed by atoms with van der Waals surface area (Å²) in [5, 5.41) is 10.6. The molecule has 2 aliphatic rings. The van der Waals surface area contributed by atoms with Crippen LogP contribution < -0.4 is 27.0 Å². The first-order valence-corrected chi connectivity index (χ1v) is 16.3. The van der Waals surface area contributed by atoms with Crippen molar-refractivity contribution in [1.82, 2.24) is 26.2 Å². The maximum absolute atomic E-state index is 12.8. The van der Waals surface area contributed by atoms with Gasteiger partial charge >= 0.3 is 6.03 Å². The molecule has 2 rings (SSSR count). The van der Waals surface area contributed by atoms with Gasteiger partial charge in [-0.05, 0) is 44.1 Å². The number of Topliss-reactive ketones (excluding diaryl/α,β-unsaturated/α-hetero) is 1. The lowest BCUT2D eigenvalue weighted by Crippen LogP contribution is -2.54. The molecule has 0 aromatic rings. The Morgan fingerprint density at radius 3 is 1.77 bits per heavy atom. The number of likely N-dealkylation sites (N-methyl/N-ethyl adjacent to an activating group) is 1. The van der Waals surface area contributed by atoms with Crippen LogP contribution in [0.5, 0.6) is 0 Å². The fourth-order valence-corrected chi connectivity index (χ4v) is 3.69. The molecule has 2 fully saturated rings. The van der Waals surface area contributed by atoms with E-state index in [1.165, 1.54) is 11.3 Å². The van der Waals surface area contributed by atoms with Crippen molar-refractivity contribution in [2.45, 2.75) is 126 Å². The lowest BCUT2D eigenvalue weighted by Gasteiger charge is -2.30. The van der Waals surface area contributed by atoms with E-state index in [0.717, 1.165) is 31.1 Å². The molecule has 0 spiro atoms. The third-order valence-corrected chi connectivity index (χ3v) is 5.61. The number of urea groups is 1. The number of amides is 5. The smallest absolute Gasteiger partial charge is 0.315 e. The van der Waals surface area contributed by atoms with Crippen molar-refractivity contribution in [2.24, 2.45) is 23.5 Å². The van der Waals surface area contributed by atoms with Crippen LogP contribution in [0, 0.1) is 17.8 Å². The third-order valence-electron chi connectivity index (χ3n) is 5.61. The number of nitrogens with one attached hydrogen (secondary N) is 4. The van der Waals surface area contributed by atoms with Crippen LogP contribution in [0.15, 0.2) is 0 Å². The zero-order valence-electron chi connectivity index (χ0n) is 29.2. The maximum atomic E-state index is 12.8. The number of ketones is 1. The molecule has 2 atom stereocenters. The number of rotatable bonds is 11. The Morgan fingerprint density at radius 2 is 1.35 bits per heavy atom. The number of hydrogen-bond donors (Lipinski definition) is 5. The topological polar surface area (TPSA) is 163 Å². The zero-order valence-corrected chi connectivity index (χ0v) is 29.2. The molecule has 1 heterocycles. The van der Waals surface area contributed by atoms with E-state index in [9.17, 15) is 24.0 Å². The van der Waals surface area contributed by atoms with Crippen molar-refractivity contribution in [3.8, 4) is 0 Å². The van der Waals surface area contributed by atoms with Gasteiger partial charge in [0.2, 0.25) is 17.6 Å². The minimum atomic E-state index is -1.08. The lowest BCUT2D eigenvalue weighted by molar-refractivity contribution is -0.141. The van der Waals surface area contributed by atoms with Gasteiger partial charge in [0.1, 0.15) is 6.04 Å². The van der Waals surface area contributed by atoms with Crippen LogP contribution in [0.4, 0.5) is 4.79 Å². The Kier molecular flexibility index (Phi) is 29.2. The minimum Gasteiger partial charge on any atom is -0.363 e. The van der Waals surface area contributed by atoms with Crippen LogP contribution >= 0.6 is 0 Å². The zero-order chi connectivity index (χ0) is 34.0. The number of carbonyl (C=O) groups excluding carboxylic acids is 5. The van der Waals surface area contributed by atoms with Crippen LogP contribution in [0.3, 0.4) is 0 Å². The highest BCUT2D eigenvalue weighted by Gasteiger charge is 2.37. The quantitative estimate of drug-likeness (QED) is 0.175. The number of nitrogens with two attached hydrogens (primary N) is 1. The van der Waals surface area contributed by atoms with Gasteiger partial charge in [-0.1, -0.05) is 94.9 Å². The summed E-state index contributed by atoms with van der Waals surface area (Å²) in [4.78, 5) is 61.9. The van der Waals surface area contributed by atoms with Crippen molar-refractivity contribution in [3.63, 3.8) is 0 Å². The van der Waals surface area contributed by atoms with Gasteiger partial charge in [0, 0.05) is 19.6 Å². The number of carbonyl (C=O) groups is 5. The van der Waals surface area contributed by atoms with Crippen LogP contribution in [0.1, 0.15) is 114 Å². The Morgan fingerprint density at radius 1 is 0.837 bits per heavy atom. The summed E-state index contributed by atoms with van der Waals surface area (Å²) in [5.74, 6) is -0.796. The first-order valence-electron chi connectivity index (χ1n) is 16.3. The number of nitrogens with zero attached hydrogens (tertiary/aromatic N) is 1. The molecule has 1 saturated heterocycles. The van der Waals surface area contributed by atoms with E-state index in [-0.39, 0.29) is 18.4 Å². The molecule has 11 nitrogen and oxygen atoms in total. The molecule has 5 amide bonds. The maximum Gasteiger partial charge on any atom is 0.315 e. The van der Waals surface area contributed by atoms with Gasteiger partial charge in [-0.15, -0.1) is 0 Å². The summed E-state index contributed by atoms with van der Waals surface area (Å²) in [5.41, 5.74) is 5.13. The van der Waals surface area contributed by atoms with Crippen molar-refractivity contribution in [1.29, 1.82) is 0 Å². The second-order valence-electron chi connectivity index (χ2n) is 12.0. The molecule has 1 aliphatic heterocycles.